The summed E-state index contributed by atoms with van der Waals surface area (Å²) in [6.45, 7) is 9.11. The van der Waals surface area contributed by atoms with Crippen LogP contribution in [0.2, 0.25) is 0 Å². The van der Waals surface area contributed by atoms with Gasteiger partial charge in [0.2, 0.25) is 0 Å². The molecule has 0 fully saturated rings. The first-order valence-corrected chi connectivity index (χ1v) is 9.25. The van der Waals surface area contributed by atoms with Gasteiger partial charge in [0, 0.05) is 18.1 Å². The number of carbonyl (C=O) groups is 1. The quantitative estimate of drug-likeness (QED) is 0.156. The number of hydrogen-bond donors (Lipinski definition) is 4. The van der Waals surface area contributed by atoms with Gasteiger partial charge in [0.05, 0.1) is 0 Å². The number of allylic oxidation sites excluding steroid dienone is 1. The molecule has 0 aliphatic heterocycles. The van der Waals surface area contributed by atoms with Crippen LogP contribution in [0.4, 0.5) is 5.69 Å². The van der Waals surface area contributed by atoms with Gasteiger partial charge in [0.1, 0.15) is 0 Å². The van der Waals surface area contributed by atoms with Gasteiger partial charge in [-0.15, -0.1) is 12.8 Å². The monoisotopic (exact) mass is 412 g/mol. The predicted molar refractivity (Wildman–Crippen MR) is 114 cm³/mol. The van der Waals surface area contributed by atoms with E-state index >= 15 is 0 Å². The Bertz CT molecular complexity index is 561. The van der Waals surface area contributed by atoms with Crippen LogP contribution in [0.5, 0.6) is 0 Å². The van der Waals surface area contributed by atoms with E-state index in [0.717, 1.165) is 62.4 Å². The van der Waals surface area contributed by atoms with Crippen molar-refractivity contribution in [3.05, 3.63) is 47.8 Å². The molecule has 0 spiro atoms. The van der Waals surface area contributed by atoms with Gasteiger partial charge < -0.3 is 26.8 Å². The van der Waals surface area contributed by atoms with E-state index in [9.17, 15) is 4.79 Å². The molecule has 28 heavy (non-hydrogen) atoms. The summed E-state index contributed by atoms with van der Waals surface area (Å²) >= 11 is 0. The number of nitrogens with one attached hydrogen (secondary N) is 4. The Balaban J connectivity index is 0. The molecule has 0 saturated carbocycles. The van der Waals surface area contributed by atoms with Crippen LogP contribution in [-0.2, 0) is 11.2 Å². The molecule has 6 nitrogen and oxygen atoms in total. The first kappa shape index (κ1) is 29.5. The summed E-state index contributed by atoms with van der Waals surface area (Å²) in [6.07, 6.45) is 12.5. The third kappa shape index (κ3) is 15.3. The summed E-state index contributed by atoms with van der Waals surface area (Å²) in [7, 11) is 0. The zero-order valence-corrected chi connectivity index (χ0v) is 20.4. The summed E-state index contributed by atoms with van der Waals surface area (Å²) in [5.74, 6) is -1.09. The molecule has 0 aromatic heterocycles. The SMILES string of the molecule is C#C.C=C(CCCCNCNCCC)Nc1ccc(CC([NH-])C(=O)O)cc1.[K+]. The van der Waals surface area contributed by atoms with Gasteiger partial charge in [-0.3, -0.25) is 4.79 Å². The van der Waals surface area contributed by atoms with E-state index < -0.39 is 12.0 Å². The second-order valence-corrected chi connectivity index (χ2v) is 6.15. The number of terminal acetylenes is 1. The molecule has 0 amide bonds. The molecule has 1 rings (SSSR count). The summed E-state index contributed by atoms with van der Waals surface area (Å²) in [5, 5.41) is 18.7. The minimum atomic E-state index is -1.11. The van der Waals surface area contributed by atoms with Gasteiger partial charge >= 0.3 is 51.4 Å². The van der Waals surface area contributed by atoms with E-state index in [0.29, 0.717) is 0 Å². The predicted octanol–water partition coefficient (Wildman–Crippen LogP) is 0.631. The van der Waals surface area contributed by atoms with Crippen molar-refractivity contribution in [2.75, 3.05) is 25.1 Å². The van der Waals surface area contributed by atoms with Gasteiger partial charge in [0.25, 0.3) is 5.97 Å². The number of benzene rings is 1. The Morgan fingerprint density at radius 3 is 2.36 bits per heavy atom. The van der Waals surface area contributed by atoms with Crippen molar-refractivity contribution in [3.8, 4) is 12.8 Å². The molecule has 1 unspecified atom stereocenters. The second-order valence-electron chi connectivity index (χ2n) is 6.15. The van der Waals surface area contributed by atoms with Crippen molar-refractivity contribution in [1.29, 1.82) is 0 Å². The van der Waals surface area contributed by atoms with Gasteiger partial charge in [-0.1, -0.05) is 25.6 Å². The third-order valence-corrected chi connectivity index (χ3v) is 3.77. The molecule has 150 valence electrons. The van der Waals surface area contributed by atoms with Crippen LogP contribution in [0.25, 0.3) is 5.73 Å². The number of anilines is 1. The molecule has 0 bridgehead atoms. The van der Waals surface area contributed by atoms with E-state index in [1.807, 2.05) is 24.3 Å². The van der Waals surface area contributed by atoms with Crippen molar-refractivity contribution in [3.63, 3.8) is 0 Å². The smallest absolute Gasteiger partial charge is 0.665 e. The summed E-state index contributed by atoms with van der Waals surface area (Å²) < 4.78 is 0. The second kappa shape index (κ2) is 19.6. The van der Waals surface area contributed by atoms with E-state index in [2.05, 4.69) is 42.3 Å². The molecule has 0 aliphatic rings. The average molecular weight is 413 g/mol. The topological polar surface area (TPSA) is 97.2 Å². The van der Waals surface area contributed by atoms with Crippen LogP contribution in [0.3, 0.4) is 0 Å². The molecule has 1 aromatic carbocycles. The Labute approximate surface area is 212 Å². The van der Waals surface area contributed by atoms with Crippen LogP contribution in [0.1, 0.15) is 38.2 Å². The summed E-state index contributed by atoms with van der Waals surface area (Å²) in [4.78, 5) is 10.7. The first-order valence-electron chi connectivity index (χ1n) is 9.25. The van der Waals surface area contributed by atoms with Gasteiger partial charge in [-0.2, -0.15) is 0 Å². The number of hydrogen-bond acceptors (Lipinski definition) is 4. The van der Waals surface area contributed by atoms with E-state index in [1.165, 1.54) is 0 Å². The standard InChI is InChI=1S/C19H31N4O2.C2H2.K/c1-3-11-21-14-22-12-5-4-6-15(2)23-17-9-7-16(8-10-17)13-18(20)19(24)25;1-2;/h7-10,18,20-23H,2-6,11-14H2,1H3,(H,24,25);1-2H;/q-1;;+1. The fourth-order valence-electron chi connectivity index (χ4n) is 2.34. The summed E-state index contributed by atoms with van der Waals surface area (Å²) in [5.41, 5.74) is 10.2. The average Bonchev–Trinajstić information content (AvgIpc) is 2.67. The molecular formula is C21H33KN4O2. The van der Waals surface area contributed by atoms with Crippen LogP contribution >= 0.6 is 0 Å². The normalized spacial score (nSPS) is 10.7. The maximum atomic E-state index is 10.7. The maximum Gasteiger partial charge on any atom is 1.00 e. The molecule has 0 saturated heterocycles. The fraction of sp³-hybridized carbons (Fsp3) is 0.476. The molecule has 0 heterocycles. The van der Waals surface area contributed by atoms with Crippen molar-refractivity contribution in [1.82, 2.24) is 10.6 Å². The minimum absolute atomic E-state index is 0. The van der Waals surface area contributed by atoms with Crippen molar-refractivity contribution in [2.24, 2.45) is 0 Å². The van der Waals surface area contributed by atoms with Gasteiger partial charge in [-0.25, -0.2) is 0 Å². The number of unbranched alkanes of at least 4 members (excludes halogenated alkanes) is 1. The number of carboxylic acid groups (broad SMARTS) is 1. The zero-order chi connectivity index (χ0) is 20.5. The first-order chi connectivity index (χ1) is 13.0. The maximum absolute atomic E-state index is 10.7. The van der Waals surface area contributed by atoms with Crippen LogP contribution in [0.15, 0.2) is 36.5 Å². The van der Waals surface area contributed by atoms with Crippen molar-refractivity contribution < 1.29 is 61.3 Å². The van der Waals surface area contributed by atoms with E-state index in [1.54, 1.807) is 0 Å². The van der Waals surface area contributed by atoms with Gasteiger partial charge in [0.15, 0.2) is 0 Å². The molecule has 1 aromatic rings. The van der Waals surface area contributed by atoms with Gasteiger partial charge in [-0.05, 0) is 68.9 Å². The molecule has 1 atom stereocenters. The van der Waals surface area contributed by atoms with Crippen LogP contribution in [0, 0.1) is 12.8 Å². The molecular weight excluding hydrogens is 379 g/mol. The zero-order valence-electron chi connectivity index (χ0n) is 17.3. The minimum Gasteiger partial charge on any atom is -0.665 e. The number of aliphatic carboxylic acids is 1. The van der Waals surface area contributed by atoms with E-state index in [-0.39, 0.29) is 57.8 Å². The molecule has 7 heteroatoms. The molecule has 5 N–H and O–H groups in total. The molecule has 0 aliphatic carbocycles. The Hall–Kier alpha value is -0.694. The van der Waals surface area contributed by atoms with E-state index in [4.69, 9.17) is 10.8 Å². The molecule has 0 radical (unpaired) electrons. The fourth-order valence-corrected chi connectivity index (χ4v) is 2.34. The summed E-state index contributed by atoms with van der Waals surface area (Å²) in [6, 6.07) is 6.40. The Morgan fingerprint density at radius 2 is 1.79 bits per heavy atom. The van der Waals surface area contributed by atoms with Crippen LogP contribution < -0.4 is 67.3 Å². The third-order valence-electron chi connectivity index (χ3n) is 3.77. The Morgan fingerprint density at radius 1 is 1.18 bits per heavy atom. The largest absolute Gasteiger partial charge is 1.00 e. The Kier molecular flexibility index (Phi) is 20.7. The van der Waals surface area contributed by atoms with Crippen molar-refractivity contribution in [2.45, 2.75) is 45.1 Å². The number of carboxylic acids is 1. The van der Waals surface area contributed by atoms with Crippen LogP contribution in [-0.4, -0.2) is 36.9 Å². The van der Waals surface area contributed by atoms with Crippen molar-refractivity contribution >= 4 is 11.7 Å². The number of rotatable bonds is 14.